The Morgan fingerprint density at radius 2 is 2.17 bits per heavy atom. The number of aromatic nitrogens is 2. The van der Waals surface area contributed by atoms with Crippen LogP contribution in [0.1, 0.15) is 17.3 Å². The van der Waals surface area contributed by atoms with Gasteiger partial charge in [-0.15, -0.1) is 0 Å². The van der Waals surface area contributed by atoms with Crippen molar-refractivity contribution in [1.29, 1.82) is 0 Å². The number of likely N-dealkylation sites (N-methyl/N-ethyl adjacent to an activating group) is 1. The van der Waals surface area contributed by atoms with E-state index in [9.17, 15) is 14.7 Å². The van der Waals surface area contributed by atoms with Gasteiger partial charge < -0.3 is 19.9 Å². The Kier molecular flexibility index (Phi) is 5.58. The van der Waals surface area contributed by atoms with E-state index < -0.39 is 11.4 Å². The van der Waals surface area contributed by atoms with Gasteiger partial charge in [0.05, 0.1) is 8.96 Å². The summed E-state index contributed by atoms with van der Waals surface area (Å²) in [5.41, 5.74) is -0.233. The Morgan fingerprint density at radius 1 is 1.48 bits per heavy atom. The van der Waals surface area contributed by atoms with E-state index in [1.54, 1.807) is 10.6 Å². The van der Waals surface area contributed by atoms with E-state index in [1.165, 1.54) is 6.20 Å². The Morgan fingerprint density at radius 3 is 2.74 bits per heavy atom. The van der Waals surface area contributed by atoms with Crippen molar-refractivity contribution in [2.75, 3.05) is 32.5 Å². The third-order valence-electron chi connectivity index (χ3n) is 3.42. The number of halogens is 1. The number of nitrogens with zero attached hydrogens (tertiary/aromatic N) is 3. The number of fused-ring (bicyclic) bond motifs is 1. The molecule has 0 amide bonds. The smallest absolute Gasteiger partial charge is 0.341 e. The second-order valence-corrected chi connectivity index (χ2v) is 6.55. The molecule has 2 aromatic heterocycles. The van der Waals surface area contributed by atoms with Gasteiger partial charge in [0.25, 0.3) is 0 Å². The molecule has 0 aliphatic carbocycles. The molecule has 0 unspecified atom stereocenters. The average Bonchev–Trinajstić information content (AvgIpc) is 2.48. The summed E-state index contributed by atoms with van der Waals surface area (Å²) in [4.78, 5) is 30.2. The quantitative estimate of drug-likeness (QED) is 0.679. The van der Waals surface area contributed by atoms with Crippen molar-refractivity contribution in [3.05, 3.63) is 31.6 Å². The number of nitrogens with one attached hydrogen (secondary N) is 1. The predicted octanol–water partition coefficient (Wildman–Crippen LogP) is 1.69. The molecule has 0 aliphatic rings. The number of carbonyl (C=O) groups is 1. The van der Waals surface area contributed by atoms with Gasteiger partial charge in [-0.05, 0) is 49.7 Å². The van der Waals surface area contributed by atoms with Crippen molar-refractivity contribution in [2.45, 2.75) is 13.5 Å². The molecule has 2 aromatic rings. The molecule has 0 saturated heterocycles. The second kappa shape index (κ2) is 7.26. The van der Waals surface area contributed by atoms with Crippen LogP contribution in [0.5, 0.6) is 0 Å². The summed E-state index contributed by atoms with van der Waals surface area (Å²) in [6.07, 6.45) is 1.36. The topological polar surface area (TPSA) is 87.5 Å². The summed E-state index contributed by atoms with van der Waals surface area (Å²) in [6, 6.07) is 1.70. The molecule has 0 fully saturated rings. The molecule has 0 spiro atoms. The first-order valence-corrected chi connectivity index (χ1v) is 8.28. The van der Waals surface area contributed by atoms with Gasteiger partial charge >= 0.3 is 5.97 Å². The lowest BCUT2D eigenvalue weighted by Crippen LogP contribution is -2.22. The Hall–Kier alpha value is -1.68. The number of anilines is 1. The summed E-state index contributed by atoms with van der Waals surface area (Å²) in [5, 5.41) is 12.8. The highest BCUT2D eigenvalue weighted by Crippen LogP contribution is 2.21. The number of hydrogen-bond donors (Lipinski definition) is 2. The van der Waals surface area contributed by atoms with Crippen molar-refractivity contribution in [1.82, 2.24) is 14.5 Å². The molecular formula is C15H19IN4O3. The zero-order valence-electron chi connectivity index (χ0n) is 13.3. The third kappa shape index (κ3) is 3.81. The third-order valence-corrected chi connectivity index (χ3v) is 4.25. The zero-order chi connectivity index (χ0) is 17.1. The Balaban J connectivity index is 2.56. The SMILES string of the molecule is CCn1cc(C(=O)O)c(=O)c2cc(I)c(NCCN(C)C)nc21. The normalized spacial score (nSPS) is 11.2. The van der Waals surface area contributed by atoms with Crippen LogP contribution in [-0.4, -0.2) is 52.7 Å². The molecule has 0 aromatic carbocycles. The summed E-state index contributed by atoms with van der Waals surface area (Å²) >= 11 is 2.10. The van der Waals surface area contributed by atoms with Gasteiger partial charge in [0.2, 0.25) is 5.43 Å². The Bertz CT molecular complexity index is 801. The molecule has 0 aliphatic heterocycles. The van der Waals surface area contributed by atoms with Gasteiger partial charge in [-0.1, -0.05) is 0 Å². The van der Waals surface area contributed by atoms with Crippen molar-refractivity contribution >= 4 is 45.4 Å². The number of pyridine rings is 2. The highest BCUT2D eigenvalue weighted by molar-refractivity contribution is 14.1. The molecule has 2 rings (SSSR count). The fraction of sp³-hybridized carbons (Fsp3) is 0.400. The molecule has 124 valence electrons. The molecule has 0 radical (unpaired) electrons. The van der Waals surface area contributed by atoms with Crippen LogP contribution in [-0.2, 0) is 6.54 Å². The fourth-order valence-corrected chi connectivity index (χ4v) is 2.82. The predicted molar refractivity (Wildman–Crippen MR) is 98.4 cm³/mol. The van der Waals surface area contributed by atoms with E-state index in [2.05, 4.69) is 37.8 Å². The minimum atomic E-state index is -1.22. The van der Waals surface area contributed by atoms with Crippen LogP contribution in [0, 0.1) is 3.57 Å². The van der Waals surface area contributed by atoms with Crippen molar-refractivity contribution in [3.63, 3.8) is 0 Å². The summed E-state index contributed by atoms with van der Waals surface area (Å²) in [5.74, 6) is -0.521. The number of carboxylic acid groups (broad SMARTS) is 1. The molecule has 0 atom stereocenters. The minimum Gasteiger partial charge on any atom is -0.477 e. The summed E-state index contributed by atoms with van der Waals surface area (Å²) < 4.78 is 2.48. The lowest BCUT2D eigenvalue weighted by atomic mass is 10.2. The van der Waals surface area contributed by atoms with Gasteiger partial charge in [-0.2, -0.15) is 0 Å². The number of rotatable bonds is 6. The van der Waals surface area contributed by atoms with E-state index in [-0.39, 0.29) is 5.56 Å². The fourth-order valence-electron chi connectivity index (χ4n) is 2.20. The molecule has 7 nitrogen and oxygen atoms in total. The molecule has 8 heteroatoms. The van der Waals surface area contributed by atoms with Crippen LogP contribution in [0.3, 0.4) is 0 Å². The lowest BCUT2D eigenvalue weighted by molar-refractivity contribution is 0.0695. The molecule has 0 bridgehead atoms. The molecule has 2 heterocycles. The first-order valence-electron chi connectivity index (χ1n) is 7.20. The average molecular weight is 430 g/mol. The maximum absolute atomic E-state index is 12.3. The van der Waals surface area contributed by atoms with Crippen molar-refractivity contribution in [2.24, 2.45) is 0 Å². The first-order chi connectivity index (χ1) is 10.8. The molecular weight excluding hydrogens is 411 g/mol. The summed E-state index contributed by atoms with van der Waals surface area (Å²) in [7, 11) is 3.98. The zero-order valence-corrected chi connectivity index (χ0v) is 15.4. The monoisotopic (exact) mass is 430 g/mol. The number of aryl methyl sites for hydroxylation is 1. The number of aromatic carboxylic acids is 1. The maximum Gasteiger partial charge on any atom is 0.341 e. The molecule has 2 N–H and O–H groups in total. The van der Waals surface area contributed by atoms with Crippen LogP contribution < -0.4 is 10.7 Å². The van der Waals surface area contributed by atoms with Crippen molar-refractivity contribution < 1.29 is 9.90 Å². The van der Waals surface area contributed by atoms with Crippen LogP contribution in [0.25, 0.3) is 11.0 Å². The lowest BCUT2D eigenvalue weighted by Gasteiger charge is -2.14. The van der Waals surface area contributed by atoms with E-state index in [0.717, 1.165) is 16.7 Å². The van der Waals surface area contributed by atoms with Gasteiger partial charge in [0.1, 0.15) is 17.0 Å². The van der Waals surface area contributed by atoms with Gasteiger partial charge in [-0.3, -0.25) is 4.79 Å². The van der Waals surface area contributed by atoms with Gasteiger partial charge in [-0.25, -0.2) is 9.78 Å². The van der Waals surface area contributed by atoms with E-state index >= 15 is 0 Å². The van der Waals surface area contributed by atoms with Crippen LogP contribution in [0.15, 0.2) is 17.1 Å². The van der Waals surface area contributed by atoms with E-state index in [1.807, 2.05) is 21.0 Å². The van der Waals surface area contributed by atoms with Crippen molar-refractivity contribution in [3.8, 4) is 0 Å². The number of hydrogen-bond acceptors (Lipinski definition) is 5. The van der Waals surface area contributed by atoms with Gasteiger partial charge in [0.15, 0.2) is 0 Å². The second-order valence-electron chi connectivity index (χ2n) is 5.38. The highest BCUT2D eigenvalue weighted by Gasteiger charge is 2.16. The highest BCUT2D eigenvalue weighted by atomic mass is 127. The molecule has 0 saturated carbocycles. The Labute approximate surface area is 147 Å². The summed E-state index contributed by atoms with van der Waals surface area (Å²) in [6.45, 7) is 4.00. The van der Waals surface area contributed by atoms with Crippen LogP contribution >= 0.6 is 22.6 Å². The van der Waals surface area contributed by atoms with Gasteiger partial charge in [0, 0.05) is 25.8 Å². The maximum atomic E-state index is 12.3. The standard InChI is InChI=1S/C15H19IN4O3/c1-4-20-8-10(15(22)23)12(21)9-7-11(16)13(18-14(9)20)17-5-6-19(2)3/h7-8H,4-6H2,1-3H3,(H,17,18)(H,22,23). The largest absolute Gasteiger partial charge is 0.477 e. The van der Waals surface area contributed by atoms with Crippen LogP contribution in [0.2, 0.25) is 0 Å². The van der Waals surface area contributed by atoms with E-state index in [4.69, 9.17) is 0 Å². The van der Waals surface area contributed by atoms with E-state index in [0.29, 0.717) is 23.4 Å². The molecule has 23 heavy (non-hydrogen) atoms. The minimum absolute atomic E-state index is 0.231. The number of carboxylic acids is 1. The first kappa shape index (κ1) is 17.7. The van der Waals surface area contributed by atoms with Crippen LogP contribution in [0.4, 0.5) is 5.82 Å².